The number of ether oxygens (including phenoxy) is 1. The maximum atomic E-state index is 12.4. The summed E-state index contributed by atoms with van der Waals surface area (Å²) in [5, 5.41) is 3.23. The average Bonchev–Trinajstić information content (AvgIpc) is 2.39. The van der Waals surface area contributed by atoms with Crippen LogP contribution in [-0.4, -0.2) is 32.8 Å². The van der Waals surface area contributed by atoms with Crippen LogP contribution in [0.3, 0.4) is 0 Å². The minimum Gasteiger partial charge on any atom is -0.433 e. The van der Waals surface area contributed by atoms with Gasteiger partial charge in [0.05, 0.1) is 5.69 Å². The molecule has 3 nitrogen and oxygen atoms in total. The highest BCUT2D eigenvalue weighted by atomic mass is 19.3. The number of nitrogens with one attached hydrogen (secondary N) is 1. The number of benzene rings is 1. The predicted octanol–water partition coefficient (Wildman–Crippen LogP) is 2.48. The quantitative estimate of drug-likeness (QED) is 0.895. The molecule has 1 aromatic carbocycles. The summed E-state index contributed by atoms with van der Waals surface area (Å²) < 4.78 is 29.3. The van der Waals surface area contributed by atoms with Crippen LogP contribution in [0.15, 0.2) is 24.3 Å². The van der Waals surface area contributed by atoms with E-state index in [2.05, 4.69) is 15.0 Å². The molecule has 1 N–H and O–H groups in total. The van der Waals surface area contributed by atoms with E-state index in [0.717, 1.165) is 31.6 Å². The van der Waals surface area contributed by atoms with Crippen LogP contribution in [0.5, 0.6) is 5.75 Å². The van der Waals surface area contributed by atoms with Gasteiger partial charge in [0, 0.05) is 19.1 Å². The minimum atomic E-state index is -2.78. The first-order valence-corrected chi connectivity index (χ1v) is 6.16. The van der Waals surface area contributed by atoms with Gasteiger partial charge in [0.15, 0.2) is 0 Å². The number of halogens is 2. The summed E-state index contributed by atoms with van der Waals surface area (Å²) >= 11 is 0. The highest BCUT2D eigenvalue weighted by Gasteiger charge is 2.21. The third-order valence-electron chi connectivity index (χ3n) is 3.25. The van der Waals surface area contributed by atoms with Crippen molar-refractivity contribution in [2.75, 3.05) is 25.0 Å². The van der Waals surface area contributed by atoms with Gasteiger partial charge in [-0.2, -0.15) is 8.78 Å². The van der Waals surface area contributed by atoms with E-state index in [1.807, 2.05) is 19.2 Å². The van der Waals surface area contributed by atoms with E-state index in [9.17, 15) is 8.78 Å². The van der Waals surface area contributed by atoms with Crippen LogP contribution in [0.25, 0.3) is 0 Å². The normalized spacial score (nSPS) is 20.2. The smallest absolute Gasteiger partial charge is 0.387 e. The van der Waals surface area contributed by atoms with Crippen LogP contribution < -0.4 is 15.0 Å². The molecule has 2 rings (SSSR count). The molecule has 1 saturated heterocycles. The number of anilines is 1. The maximum Gasteiger partial charge on any atom is 0.387 e. The van der Waals surface area contributed by atoms with Crippen molar-refractivity contribution in [3.05, 3.63) is 24.3 Å². The molecule has 1 fully saturated rings. The van der Waals surface area contributed by atoms with E-state index in [1.54, 1.807) is 12.1 Å². The molecule has 0 aliphatic carbocycles. The van der Waals surface area contributed by atoms with Crippen molar-refractivity contribution < 1.29 is 13.5 Å². The molecule has 1 atom stereocenters. The molecular formula is C13H18F2N2O. The monoisotopic (exact) mass is 256 g/mol. The number of nitrogens with zero attached hydrogens (tertiary/aromatic N) is 1. The van der Waals surface area contributed by atoms with E-state index in [0.29, 0.717) is 6.04 Å². The lowest BCUT2D eigenvalue weighted by Crippen LogP contribution is -2.44. The summed E-state index contributed by atoms with van der Waals surface area (Å²) in [6, 6.07) is 7.37. The largest absolute Gasteiger partial charge is 0.433 e. The van der Waals surface area contributed by atoms with Gasteiger partial charge >= 0.3 is 6.61 Å². The molecule has 1 aromatic rings. The molecule has 18 heavy (non-hydrogen) atoms. The fraction of sp³-hybridized carbons (Fsp3) is 0.538. The van der Waals surface area contributed by atoms with Crippen LogP contribution in [0, 0.1) is 0 Å². The number of likely N-dealkylation sites (N-methyl/N-ethyl adjacent to an activating group) is 1. The van der Waals surface area contributed by atoms with E-state index in [4.69, 9.17) is 0 Å². The molecule has 0 amide bonds. The van der Waals surface area contributed by atoms with Crippen molar-refractivity contribution in [2.45, 2.75) is 25.5 Å². The molecule has 1 unspecified atom stereocenters. The molecule has 0 spiro atoms. The average molecular weight is 256 g/mol. The SMILES string of the molecule is CNC1CCCN(c2ccccc2OC(F)F)C1. The number of alkyl halides is 2. The Morgan fingerprint density at radius 2 is 2.17 bits per heavy atom. The summed E-state index contributed by atoms with van der Waals surface area (Å²) in [5.74, 6) is 0.254. The van der Waals surface area contributed by atoms with Crippen LogP contribution in [0.1, 0.15) is 12.8 Å². The van der Waals surface area contributed by atoms with Crippen LogP contribution >= 0.6 is 0 Å². The Morgan fingerprint density at radius 3 is 2.89 bits per heavy atom. The molecule has 100 valence electrons. The fourth-order valence-corrected chi connectivity index (χ4v) is 2.35. The number of hydrogen-bond donors (Lipinski definition) is 1. The molecule has 5 heteroatoms. The Hall–Kier alpha value is -1.36. The standard InChI is InChI=1S/C13H18F2N2O/c1-16-10-5-4-8-17(9-10)11-6-2-3-7-12(11)18-13(14)15/h2-3,6-7,10,13,16H,4-5,8-9H2,1H3. The van der Waals surface area contributed by atoms with Crippen molar-refractivity contribution in [3.8, 4) is 5.75 Å². The van der Waals surface area contributed by atoms with E-state index in [1.165, 1.54) is 0 Å². The van der Waals surface area contributed by atoms with Gasteiger partial charge in [-0.3, -0.25) is 0 Å². The first-order chi connectivity index (χ1) is 8.70. The lowest BCUT2D eigenvalue weighted by molar-refractivity contribution is -0.0495. The van der Waals surface area contributed by atoms with Crippen LogP contribution in [0.4, 0.5) is 14.5 Å². The molecule has 0 bridgehead atoms. The Morgan fingerprint density at radius 1 is 1.39 bits per heavy atom. The number of piperidine rings is 1. The van der Waals surface area contributed by atoms with Gasteiger partial charge in [-0.05, 0) is 32.0 Å². The third-order valence-corrected chi connectivity index (χ3v) is 3.25. The van der Waals surface area contributed by atoms with Gasteiger partial charge in [-0.1, -0.05) is 12.1 Å². The Labute approximate surface area is 106 Å². The second-order valence-corrected chi connectivity index (χ2v) is 4.42. The zero-order valence-corrected chi connectivity index (χ0v) is 10.4. The zero-order valence-electron chi connectivity index (χ0n) is 10.4. The Kier molecular flexibility index (Phi) is 4.36. The van der Waals surface area contributed by atoms with Gasteiger partial charge in [-0.15, -0.1) is 0 Å². The topological polar surface area (TPSA) is 24.5 Å². The van der Waals surface area contributed by atoms with E-state index < -0.39 is 6.61 Å². The molecule has 0 radical (unpaired) electrons. The fourth-order valence-electron chi connectivity index (χ4n) is 2.35. The minimum absolute atomic E-state index is 0.254. The number of rotatable bonds is 4. The summed E-state index contributed by atoms with van der Waals surface area (Å²) in [4.78, 5) is 2.10. The van der Waals surface area contributed by atoms with Crippen molar-refractivity contribution in [3.63, 3.8) is 0 Å². The lowest BCUT2D eigenvalue weighted by Gasteiger charge is -2.35. The van der Waals surface area contributed by atoms with Gasteiger partial charge < -0.3 is 15.0 Å². The number of para-hydroxylation sites is 2. The summed E-state index contributed by atoms with van der Waals surface area (Å²) in [6.45, 7) is -1.09. The molecule has 0 aromatic heterocycles. The van der Waals surface area contributed by atoms with Gasteiger partial charge in [0.2, 0.25) is 0 Å². The van der Waals surface area contributed by atoms with Crippen LogP contribution in [-0.2, 0) is 0 Å². The summed E-state index contributed by atoms with van der Waals surface area (Å²) in [7, 11) is 1.93. The molecule has 1 heterocycles. The van der Waals surface area contributed by atoms with E-state index in [-0.39, 0.29) is 5.75 Å². The first kappa shape index (κ1) is 13.1. The Balaban J connectivity index is 2.16. The highest BCUT2D eigenvalue weighted by molar-refractivity contribution is 5.58. The first-order valence-electron chi connectivity index (χ1n) is 6.16. The van der Waals surface area contributed by atoms with Crippen molar-refractivity contribution in [1.29, 1.82) is 0 Å². The second-order valence-electron chi connectivity index (χ2n) is 4.42. The lowest BCUT2D eigenvalue weighted by atomic mass is 10.0. The molecule has 0 saturated carbocycles. The second kappa shape index (κ2) is 6.00. The predicted molar refractivity (Wildman–Crippen MR) is 67.4 cm³/mol. The molecule has 1 aliphatic rings. The van der Waals surface area contributed by atoms with Gasteiger partial charge in [0.1, 0.15) is 5.75 Å². The zero-order chi connectivity index (χ0) is 13.0. The molecule has 1 aliphatic heterocycles. The van der Waals surface area contributed by atoms with Crippen molar-refractivity contribution >= 4 is 5.69 Å². The van der Waals surface area contributed by atoms with Crippen molar-refractivity contribution in [1.82, 2.24) is 5.32 Å². The summed E-state index contributed by atoms with van der Waals surface area (Å²) in [5.41, 5.74) is 0.748. The Bertz CT molecular complexity index is 387. The van der Waals surface area contributed by atoms with Crippen LogP contribution in [0.2, 0.25) is 0 Å². The highest BCUT2D eigenvalue weighted by Crippen LogP contribution is 2.31. The van der Waals surface area contributed by atoms with Gasteiger partial charge in [0.25, 0.3) is 0 Å². The molecular weight excluding hydrogens is 238 g/mol. The number of hydrogen-bond acceptors (Lipinski definition) is 3. The maximum absolute atomic E-state index is 12.4. The summed E-state index contributed by atoms with van der Waals surface area (Å²) in [6.07, 6.45) is 2.17. The van der Waals surface area contributed by atoms with Crippen molar-refractivity contribution in [2.24, 2.45) is 0 Å². The van der Waals surface area contributed by atoms with Gasteiger partial charge in [-0.25, -0.2) is 0 Å². The third kappa shape index (κ3) is 3.10. The van der Waals surface area contributed by atoms with E-state index >= 15 is 0 Å².